The molecule has 0 radical (unpaired) electrons. The fraction of sp³-hybridized carbons (Fsp3) is 0.455. The first kappa shape index (κ1) is 14.7. The number of rotatable bonds is 4. The van der Waals surface area contributed by atoms with Gasteiger partial charge in [0.05, 0.1) is 4.99 Å². The van der Waals surface area contributed by atoms with Crippen molar-refractivity contribution in [2.75, 3.05) is 18.5 Å². The van der Waals surface area contributed by atoms with Gasteiger partial charge in [0.1, 0.15) is 11.5 Å². The van der Waals surface area contributed by atoms with Gasteiger partial charge in [-0.3, -0.25) is 0 Å². The number of hydrogen-bond donors (Lipinski definition) is 1. The smallest absolute Gasteiger partial charge is 0.393 e. The van der Waals surface area contributed by atoms with E-state index in [9.17, 15) is 13.2 Å². The molecule has 0 aliphatic heterocycles. The van der Waals surface area contributed by atoms with Crippen LogP contribution in [0.4, 0.5) is 19.0 Å². The summed E-state index contributed by atoms with van der Waals surface area (Å²) in [6, 6.07) is 3.78. The Bertz CT molecular complexity index is 434. The molecular formula is C11H14F3N3S. The zero-order valence-corrected chi connectivity index (χ0v) is 10.8. The topological polar surface area (TPSA) is 42.2 Å². The minimum Gasteiger partial charge on any atom is -0.393 e. The molecule has 0 spiro atoms. The van der Waals surface area contributed by atoms with Crippen LogP contribution in [0.15, 0.2) is 18.2 Å². The third-order valence-electron chi connectivity index (χ3n) is 2.45. The van der Waals surface area contributed by atoms with Crippen LogP contribution in [-0.4, -0.2) is 23.6 Å². The third-order valence-corrected chi connectivity index (χ3v) is 2.85. The van der Waals surface area contributed by atoms with E-state index >= 15 is 0 Å². The summed E-state index contributed by atoms with van der Waals surface area (Å²) in [5, 5.41) is 0. The Labute approximate surface area is 109 Å². The molecule has 1 atom stereocenters. The average molecular weight is 277 g/mol. The van der Waals surface area contributed by atoms with E-state index in [1.165, 1.54) is 12.1 Å². The summed E-state index contributed by atoms with van der Waals surface area (Å²) in [5.74, 6) is 0.147. The molecule has 0 aliphatic rings. The second-order valence-corrected chi connectivity index (χ2v) is 4.53. The molecule has 0 fully saturated rings. The zero-order chi connectivity index (χ0) is 13.9. The average Bonchev–Trinajstić information content (AvgIpc) is 2.27. The predicted octanol–water partition coefficient (Wildman–Crippen LogP) is 2.46. The minimum absolute atomic E-state index is 0.0960. The van der Waals surface area contributed by atoms with Crippen molar-refractivity contribution >= 4 is 23.0 Å². The molecule has 0 aliphatic carbocycles. The van der Waals surface area contributed by atoms with Gasteiger partial charge in [-0.2, -0.15) is 13.2 Å². The number of hydrogen-bond acceptors (Lipinski definition) is 3. The molecule has 18 heavy (non-hydrogen) atoms. The Morgan fingerprint density at radius 3 is 2.61 bits per heavy atom. The van der Waals surface area contributed by atoms with Crippen LogP contribution in [0.2, 0.25) is 0 Å². The maximum atomic E-state index is 12.5. The molecule has 3 nitrogen and oxygen atoms in total. The first-order valence-corrected chi connectivity index (χ1v) is 5.67. The molecule has 7 heteroatoms. The van der Waals surface area contributed by atoms with Crippen molar-refractivity contribution in [2.45, 2.75) is 13.1 Å². The van der Waals surface area contributed by atoms with Gasteiger partial charge < -0.3 is 10.6 Å². The summed E-state index contributed by atoms with van der Waals surface area (Å²) in [7, 11) is 1.65. The maximum Gasteiger partial charge on any atom is 0.433 e. The quantitative estimate of drug-likeness (QED) is 0.858. The summed E-state index contributed by atoms with van der Waals surface area (Å²) in [6.45, 7) is 2.23. The molecule has 1 heterocycles. The van der Waals surface area contributed by atoms with Crippen molar-refractivity contribution in [3.05, 3.63) is 23.9 Å². The minimum atomic E-state index is -4.44. The molecule has 1 aromatic rings. The van der Waals surface area contributed by atoms with E-state index in [-0.39, 0.29) is 11.7 Å². The molecule has 1 rings (SSSR count). The normalized spacial score (nSPS) is 13.2. The van der Waals surface area contributed by atoms with Crippen LogP contribution in [0.25, 0.3) is 0 Å². The van der Waals surface area contributed by atoms with Crippen LogP contribution >= 0.6 is 12.2 Å². The van der Waals surface area contributed by atoms with Crippen molar-refractivity contribution < 1.29 is 13.2 Å². The van der Waals surface area contributed by atoms with Crippen LogP contribution in [-0.2, 0) is 6.18 Å². The second-order valence-electron chi connectivity index (χ2n) is 4.06. The second kappa shape index (κ2) is 5.51. The molecule has 1 aromatic heterocycles. The van der Waals surface area contributed by atoms with E-state index < -0.39 is 11.9 Å². The Balaban J connectivity index is 2.87. The summed E-state index contributed by atoms with van der Waals surface area (Å²) < 4.78 is 37.5. The highest BCUT2D eigenvalue weighted by molar-refractivity contribution is 7.80. The lowest BCUT2D eigenvalue weighted by molar-refractivity contribution is -0.141. The number of pyridine rings is 1. The van der Waals surface area contributed by atoms with E-state index in [0.29, 0.717) is 11.5 Å². The van der Waals surface area contributed by atoms with E-state index in [1.54, 1.807) is 11.9 Å². The highest BCUT2D eigenvalue weighted by Crippen LogP contribution is 2.28. The van der Waals surface area contributed by atoms with Gasteiger partial charge in [0, 0.05) is 19.5 Å². The highest BCUT2D eigenvalue weighted by Gasteiger charge is 2.32. The summed E-state index contributed by atoms with van der Waals surface area (Å²) in [6.07, 6.45) is -4.44. The molecule has 2 N–H and O–H groups in total. The monoisotopic (exact) mass is 277 g/mol. The molecule has 0 bridgehead atoms. The fourth-order valence-electron chi connectivity index (χ4n) is 1.39. The van der Waals surface area contributed by atoms with Crippen LogP contribution in [0.5, 0.6) is 0 Å². The molecule has 0 amide bonds. The first-order chi connectivity index (χ1) is 8.21. The third kappa shape index (κ3) is 3.83. The molecule has 0 saturated heterocycles. The van der Waals surface area contributed by atoms with Gasteiger partial charge in [-0.15, -0.1) is 0 Å². The van der Waals surface area contributed by atoms with Crippen LogP contribution < -0.4 is 10.6 Å². The first-order valence-electron chi connectivity index (χ1n) is 5.26. The standard InChI is InChI=1S/C11H14F3N3S/c1-7(10(15)18)6-17(2)9-5-3-4-8(16-9)11(12,13)14/h3-5,7H,6H2,1-2H3,(H2,15,18). The van der Waals surface area contributed by atoms with E-state index in [2.05, 4.69) is 4.98 Å². The summed E-state index contributed by atoms with van der Waals surface area (Å²) >= 11 is 4.82. The summed E-state index contributed by atoms with van der Waals surface area (Å²) in [4.78, 5) is 5.50. The SMILES string of the molecule is CC(CN(C)c1cccc(C(F)(F)F)n1)C(N)=S. The number of halogens is 3. The fourth-order valence-corrected chi connectivity index (χ4v) is 1.46. The van der Waals surface area contributed by atoms with Gasteiger partial charge in [-0.25, -0.2) is 4.98 Å². The lowest BCUT2D eigenvalue weighted by Crippen LogP contribution is -2.32. The van der Waals surface area contributed by atoms with Gasteiger partial charge in [-0.05, 0) is 12.1 Å². The van der Waals surface area contributed by atoms with Crippen molar-refractivity contribution in [2.24, 2.45) is 11.7 Å². The van der Waals surface area contributed by atoms with Gasteiger partial charge in [0.15, 0.2) is 0 Å². The number of anilines is 1. The highest BCUT2D eigenvalue weighted by atomic mass is 32.1. The van der Waals surface area contributed by atoms with Crippen molar-refractivity contribution in [3.8, 4) is 0 Å². The van der Waals surface area contributed by atoms with E-state index in [4.69, 9.17) is 18.0 Å². The van der Waals surface area contributed by atoms with Crippen molar-refractivity contribution in [1.29, 1.82) is 0 Å². The van der Waals surface area contributed by atoms with Crippen molar-refractivity contribution in [1.82, 2.24) is 4.98 Å². The van der Waals surface area contributed by atoms with Crippen LogP contribution in [0.1, 0.15) is 12.6 Å². The van der Waals surface area contributed by atoms with E-state index in [1.807, 2.05) is 6.92 Å². The van der Waals surface area contributed by atoms with Crippen molar-refractivity contribution in [3.63, 3.8) is 0 Å². The molecule has 0 saturated carbocycles. The number of thiocarbonyl (C=S) groups is 1. The van der Waals surface area contributed by atoms with Gasteiger partial charge in [0.25, 0.3) is 0 Å². The summed E-state index contributed by atoms with van der Waals surface area (Å²) in [5.41, 5.74) is 4.56. The largest absolute Gasteiger partial charge is 0.433 e. The number of alkyl halides is 3. The lowest BCUT2D eigenvalue weighted by atomic mass is 10.1. The van der Waals surface area contributed by atoms with Gasteiger partial charge in [-0.1, -0.05) is 25.2 Å². The number of nitrogens with two attached hydrogens (primary N) is 1. The number of aromatic nitrogens is 1. The molecule has 100 valence electrons. The Hall–Kier alpha value is -1.37. The predicted molar refractivity (Wildman–Crippen MR) is 68.5 cm³/mol. The van der Waals surface area contributed by atoms with Gasteiger partial charge in [0.2, 0.25) is 0 Å². The van der Waals surface area contributed by atoms with Crippen LogP contribution in [0, 0.1) is 5.92 Å². The number of nitrogens with zero attached hydrogens (tertiary/aromatic N) is 2. The molecule has 1 unspecified atom stereocenters. The zero-order valence-electron chi connectivity index (χ0n) is 10.0. The Morgan fingerprint density at radius 1 is 1.50 bits per heavy atom. The van der Waals surface area contributed by atoms with Crippen LogP contribution in [0.3, 0.4) is 0 Å². The van der Waals surface area contributed by atoms with Gasteiger partial charge >= 0.3 is 6.18 Å². The van der Waals surface area contributed by atoms with E-state index in [0.717, 1.165) is 6.07 Å². The molecular weight excluding hydrogens is 263 g/mol. The lowest BCUT2D eigenvalue weighted by Gasteiger charge is -2.22. The molecule has 0 aromatic carbocycles. The Kier molecular flexibility index (Phi) is 4.50. The maximum absolute atomic E-state index is 12.5. The Morgan fingerprint density at radius 2 is 2.11 bits per heavy atom.